The van der Waals surface area contributed by atoms with Gasteiger partial charge < -0.3 is 24.3 Å². The van der Waals surface area contributed by atoms with Crippen LogP contribution < -0.4 is 19.5 Å². The lowest BCUT2D eigenvalue weighted by atomic mass is 10.1. The van der Waals surface area contributed by atoms with E-state index in [1.54, 1.807) is 25.4 Å². The summed E-state index contributed by atoms with van der Waals surface area (Å²) in [6, 6.07) is 7.09. The van der Waals surface area contributed by atoms with Gasteiger partial charge in [-0.3, -0.25) is 4.79 Å². The quantitative estimate of drug-likeness (QED) is 0.521. The number of halogens is 1. The molecule has 2 rings (SSSR count). The highest BCUT2D eigenvalue weighted by molar-refractivity contribution is 9.10. The standard InChI is InChI=1S/C20H25BrN2O5/c1-4-26-17-10-14(16(21)12-18(17)27-5-2)11-19(24)23-15-6-7-20(22-13-15)28-9-8-25-3/h6-7,10,12-13H,4-5,8-9,11H2,1-3H3,(H,23,24). The summed E-state index contributed by atoms with van der Waals surface area (Å²) in [6.07, 6.45) is 1.73. The first kappa shape index (κ1) is 22.0. The SMILES string of the molecule is CCOc1cc(Br)c(CC(=O)Nc2ccc(OCCOC)nc2)cc1OCC. The predicted octanol–water partition coefficient (Wildman–Crippen LogP) is 3.85. The number of rotatable bonds is 11. The number of nitrogens with zero attached hydrogens (tertiary/aromatic N) is 1. The molecule has 0 fully saturated rings. The number of hydrogen-bond donors (Lipinski definition) is 1. The summed E-state index contributed by atoms with van der Waals surface area (Å²) in [5.74, 6) is 1.58. The van der Waals surface area contributed by atoms with Crippen molar-refractivity contribution >= 4 is 27.5 Å². The van der Waals surface area contributed by atoms with E-state index < -0.39 is 0 Å². The molecule has 0 saturated carbocycles. The van der Waals surface area contributed by atoms with Gasteiger partial charge in [0, 0.05) is 17.6 Å². The molecule has 1 aromatic carbocycles. The summed E-state index contributed by atoms with van der Waals surface area (Å²) >= 11 is 3.50. The van der Waals surface area contributed by atoms with E-state index in [0.717, 1.165) is 10.0 Å². The van der Waals surface area contributed by atoms with Crippen LogP contribution >= 0.6 is 15.9 Å². The summed E-state index contributed by atoms with van der Waals surface area (Å²) in [5.41, 5.74) is 1.40. The number of carbonyl (C=O) groups is 1. The van der Waals surface area contributed by atoms with Gasteiger partial charge in [-0.05, 0) is 37.6 Å². The van der Waals surface area contributed by atoms with Crippen LogP contribution in [0.2, 0.25) is 0 Å². The number of pyridine rings is 1. The Hall–Kier alpha value is -2.32. The fourth-order valence-corrected chi connectivity index (χ4v) is 2.86. The second kappa shape index (κ2) is 11.5. The maximum absolute atomic E-state index is 12.4. The minimum absolute atomic E-state index is 0.165. The van der Waals surface area contributed by atoms with E-state index >= 15 is 0 Å². The van der Waals surface area contributed by atoms with E-state index in [4.69, 9.17) is 18.9 Å². The Labute approximate surface area is 173 Å². The molecule has 7 nitrogen and oxygen atoms in total. The third-order valence-corrected chi connectivity index (χ3v) is 4.36. The van der Waals surface area contributed by atoms with Crippen molar-refractivity contribution in [2.24, 2.45) is 0 Å². The monoisotopic (exact) mass is 452 g/mol. The Kier molecular flexibility index (Phi) is 9.03. The molecule has 1 aromatic heterocycles. The number of hydrogen-bond acceptors (Lipinski definition) is 6. The van der Waals surface area contributed by atoms with Crippen molar-refractivity contribution in [3.05, 3.63) is 40.5 Å². The van der Waals surface area contributed by atoms with Crippen molar-refractivity contribution in [2.75, 3.05) is 38.9 Å². The van der Waals surface area contributed by atoms with Crippen LogP contribution in [0.4, 0.5) is 5.69 Å². The van der Waals surface area contributed by atoms with Crippen LogP contribution in [0.15, 0.2) is 34.9 Å². The van der Waals surface area contributed by atoms with Crippen LogP contribution in [-0.4, -0.2) is 44.4 Å². The molecule has 8 heteroatoms. The average molecular weight is 453 g/mol. The zero-order chi connectivity index (χ0) is 20.4. The van der Waals surface area contributed by atoms with Gasteiger partial charge >= 0.3 is 0 Å². The highest BCUT2D eigenvalue weighted by atomic mass is 79.9. The van der Waals surface area contributed by atoms with Gasteiger partial charge in [0.2, 0.25) is 11.8 Å². The molecule has 0 aliphatic carbocycles. The van der Waals surface area contributed by atoms with E-state index in [1.807, 2.05) is 26.0 Å². The molecular formula is C20H25BrN2O5. The third kappa shape index (κ3) is 6.69. The lowest BCUT2D eigenvalue weighted by Crippen LogP contribution is -2.15. The second-order valence-electron chi connectivity index (χ2n) is 5.71. The molecule has 0 aliphatic rings. The highest BCUT2D eigenvalue weighted by Crippen LogP contribution is 2.34. The van der Waals surface area contributed by atoms with Gasteiger partial charge in [0.25, 0.3) is 0 Å². The molecule has 0 unspecified atom stereocenters. The maximum atomic E-state index is 12.4. The van der Waals surface area contributed by atoms with Crippen LogP contribution in [-0.2, 0) is 16.0 Å². The van der Waals surface area contributed by atoms with E-state index in [2.05, 4.69) is 26.2 Å². The van der Waals surface area contributed by atoms with Crippen molar-refractivity contribution in [2.45, 2.75) is 20.3 Å². The van der Waals surface area contributed by atoms with Crippen LogP contribution in [0.1, 0.15) is 19.4 Å². The van der Waals surface area contributed by atoms with Gasteiger partial charge in [0.05, 0.1) is 38.1 Å². The van der Waals surface area contributed by atoms with Gasteiger partial charge in [-0.25, -0.2) is 4.98 Å². The highest BCUT2D eigenvalue weighted by Gasteiger charge is 2.14. The summed E-state index contributed by atoms with van der Waals surface area (Å²) in [5, 5.41) is 2.83. The van der Waals surface area contributed by atoms with Gasteiger partial charge in [0.15, 0.2) is 11.5 Å². The topological polar surface area (TPSA) is 78.9 Å². The normalized spacial score (nSPS) is 10.4. The van der Waals surface area contributed by atoms with Crippen molar-refractivity contribution in [1.82, 2.24) is 4.98 Å². The molecule has 0 atom stereocenters. The lowest BCUT2D eigenvalue weighted by molar-refractivity contribution is -0.115. The zero-order valence-electron chi connectivity index (χ0n) is 16.3. The first-order valence-corrected chi connectivity index (χ1v) is 9.82. The molecule has 1 N–H and O–H groups in total. The second-order valence-corrected chi connectivity index (χ2v) is 6.56. The number of ether oxygens (including phenoxy) is 4. The van der Waals surface area contributed by atoms with Crippen molar-refractivity contribution in [3.63, 3.8) is 0 Å². The van der Waals surface area contributed by atoms with Gasteiger partial charge in [0.1, 0.15) is 6.61 Å². The van der Waals surface area contributed by atoms with Gasteiger partial charge in [-0.1, -0.05) is 15.9 Å². The van der Waals surface area contributed by atoms with Crippen molar-refractivity contribution < 1.29 is 23.7 Å². The smallest absolute Gasteiger partial charge is 0.228 e. The molecule has 2 aromatic rings. The molecule has 0 saturated heterocycles. The van der Waals surface area contributed by atoms with Crippen LogP contribution in [0.25, 0.3) is 0 Å². The summed E-state index contributed by atoms with van der Waals surface area (Å²) < 4.78 is 22.3. The number of nitrogens with one attached hydrogen (secondary N) is 1. The number of anilines is 1. The van der Waals surface area contributed by atoms with Gasteiger partial charge in [-0.15, -0.1) is 0 Å². The fourth-order valence-electron chi connectivity index (χ4n) is 2.40. The Morgan fingerprint density at radius 1 is 1.07 bits per heavy atom. The Morgan fingerprint density at radius 3 is 2.39 bits per heavy atom. The Bertz CT molecular complexity index is 768. The van der Waals surface area contributed by atoms with Crippen molar-refractivity contribution in [1.29, 1.82) is 0 Å². The van der Waals surface area contributed by atoms with E-state index in [1.165, 1.54) is 0 Å². The molecule has 1 amide bonds. The van der Waals surface area contributed by atoms with Crippen molar-refractivity contribution in [3.8, 4) is 17.4 Å². The number of aromatic nitrogens is 1. The molecule has 0 spiro atoms. The summed E-state index contributed by atoms with van der Waals surface area (Å²) in [7, 11) is 1.61. The van der Waals surface area contributed by atoms with Crippen LogP contribution in [0.5, 0.6) is 17.4 Å². The molecule has 0 radical (unpaired) electrons. The molecule has 0 bridgehead atoms. The van der Waals surface area contributed by atoms with Crippen LogP contribution in [0, 0.1) is 0 Å². The third-order valence-electron chi connectivity index (χ3n) is 3.62. The summed E-state index contributed by atoms with van der Waals surface area (Å²) in [6.45, 7) is 5.76. The number of carbonyl (C=O) groups excluding carboxylic acids is 1. The molecule has 152 valence electrons. The predicted molar refractivity (Wildman–Crippen MR) is 110 cm³/mol. The van der Waals surface area contributed by atoms with E-state index in [9.17, 15) is 4.79 Å². The van der Waals surface area contributed by atoms with Gasteiger partial charge in [-0.2, -0.15) is 0 Å². The summed E-state index contributed by atoms with van der Waals surface area (Å²) in [4.78, 5) is 16.6. The maximum Gasteiger partial charge on any atom is 0.228 e. The number of methoxy groups -OCH3 is 1. The molecule has 0 aliphatic heterocycles. The zero-order valence-corrected chi connectivity index (χ0v) is 17.9. The molecule has 28 heavy (non-hydrogen) atoms. The van der Waals surface area contributed by atoms with E-state index in [0.29, 0.717) is 49.5 Å². The molecule has 1 heterocycles. The Balaban J connectivity index is 2.01. The van der Waals surface area contributed by atoms with Crippen LogP contribution in [0.3, 0.4) is 0 Å². The molecular weight excluding hydrogens is 428 g/mol. The van der Waals surface area contributed by atoms with E-state index in [-0.39, 0.29) is 12.3 Å². The average Bonchev–Trinajstić information content (AvgIpc) is 2.67. The largest absolute Gasteiger partial charge is 0.490 e. The minimum atomic E-state index is -0.165. The first-order chi connectivity index (χ1) is 13.6. The number of amides is 1. The Morgan fingerprint density at radius 2 is 1.79 bits per heavy atom. The fraction of sp³-hybridized carbons (Fsp3) is 0.400. The number of benzene rings is 1. The first-order valence-electron chi connectivity index (χ1n) is 9.03. The minimum Gasteiger partial charge on any atom is -0.490 e. The lowest BCUT2D eigenvalue weighted by Gasteiger charge is -2.14.